The van der Waals surface area contributed by atoms with Crippen LogP contribution in [0.25, 0.3) is 0 Å². The van der Waals surface area contributed by atoms with Crippen LogP contribution in [0, 0.1) is 0 Å². The Bertz CT molecular complexity index is 787. The predicted molar refractivity (Wildman–Crippen MR) is 108 cm³/mol. The van der Waals surface area contributed by atoms with Crippen molar-refractivity contribution in [1.29, 1.82) is 0 Å². The number of nitrogens with zero attached hydrogens (tertiary/aromatic N) is 2. The third-order valence-electron chi connectivity index (χ3n) is 5.28. The molecule has 1 fully saturated rings. The Balaban J connectivity index is 1.61. The first-order valence-corrected chi connectivity index (χ1v) is 9.95. The van der Waals surface area contributed by atoms with Crippen LogP contribution in [-0.4, -0.2) is 34.1 Å². The number of likely N-dealkylation sites (tertiary alicyclic amines) is 1. The predicted octanol–water partition coefficient (Wildman–Crippen LogP) is 3.78. The van der Waals surface area contributed by atoms with E-state index in [1.165, 1.54) is 0 Å². The van der Waals surface area contributed by atoms with Gasteiger partial charge in [0.1, 0.15) is 12.6 Å². The van der Waals surface area contributed by atoms with Gasteiger partial charge in [-0.2, -0.15) is 0 Å². The second-order valence-electron chi connectivity index (χ2n) is 7.37. The van der Waals surface area contributed by atoms with Crippen LogP contribution in [0.3, 0.4) is 0 Å². The Morgan fingerprint density at radius 3 is 2.64 bits per heavy atom. The van der Waals surface area contributed by atoms with E-state index in [1.807, 2.05) is 54.5 Å². The molecule has 1 aromatic heterocycles. The molecule has 2 aromatic rings. The van der Waals surface area contributed by atoms with Gasteiger partial charge in [-0.1, -0.05) is 43.2 Å². The van der Waals surface area contributed by atoms with E-state index in [9.17, 15) is 9.59 Å². The molecule has 1 N–H and O–H groups in total. The van der Waals surface area contributed by atoms with E-state index in [0.29, 0.717) is 6.54 Å². The number of alkyl carbamates (subject to hydrolysis) is 1. The van der Waals surface area contributed by atoms with E-state index in [-0.39, 0.29) is 18.6 Å². The van der Waals surface area contributed by atoms with E-state index >= 15 is 0 Å². The molecule has 1 unspecified atom stereocenters. The summed E-state index contributed by atoms with van der Waals surface area (Å²) in [5, 5.41) is 2.69. The molecule has 1 aliphatic heterocycles. The van der Waals surface area contributed by atoms with Crippen molar-refractivity contribution in [3.8, 4) is 0 Å². The second-order valence-corrected chi connectivity index (χ2v) is 7.37. The number of carbonyl (C=O) groups is 2. The molecule has 0 saturated carbocycles. The summed E-state index contributed by atoms with van der Waals surface area (Å²) in [7, 11) is 2.01. The monoisotopic (exact) mass is 383 g/mol. The van der Waals surface area contributed by atoms with Crippen LogP contribution in [-0.2, 0) is 23.2 Å². The number of benzene rings is 1. The maximum absolute atomic E-state index is 13.1. The Hall–Kier alpha value is -2.76. The van der Waals surface area contributed by atoms with E-state index < -0.39 is 12.1 Å². The van der Waals surface area contributed by atoms with E-state index in [0.717, 1.165) is 36.9 Å². The summed E-state index contributed by atoms with van der Waals surface area (Å²) >= 11 is 0. The summed E-state index contributed by atoms with van der Waals surface area (Å²) in [6, 6.07) is 13.0. The molecule has 28 heavy (non-hydrogen) atoms. The molecule has 0 spiro atoms. The summed E-state index contributed by atoms with van der Waals surface area (Å²) in [5.41, 5.74) is 2.04. The summed E-state index contributed by atoms with van der Waals surface area (Å²) in [6.07, 6.45) is 5.57. The average Bonchev–Trinajstić information content (AvgIpc) is 2.98. The van der Waals surface area contributed by atoms with Crippen LogP contribution in [0.15, 0.2) is 48.7 Å². The molecule has 3 rings (SSSR count). The number of nitrogens with one attached hydrogen (secondary N) is 1. The molecule has 0 radical (unpaired) electrons. The van der Waals surface area contributed by atoms with Crippen molar-refractivity contribution in [3.63, 3.8) is 0 Å². The quantitative estimate of drug-likeness (QED) is 0.855. The number of aromatic nitrogens is 1. The minimum absolute atomic E-state index is 0.0413. The maximum atomic E-state index is 13.1. The van der Waals surface area contributed by atoms with E-state index in [2.05, 4.69) is 16.0 Å². The highest BCUT2D eigenvalue weighted by Crippen LogP contribution is 2.30. The summed E-state index contributed by atoms with van der Waals surface area (Å²) in [5.74, 6) is -0.0650. The van der Waals surface area contributed by atoms with Crippen molar-refractivity contribution >= 4 is 12.0 Å². The van der Waals surface area contributed by atoms with E-state index in [4.69, 9.17) is 4.74 Å². The van der Waals surface area contributed by atoms with Gasteiger partial charge in [-0.25, -0.2) is 4.79 Å². The van der Waals surface area contributed by atoms with Crippen LogP contribution in [0.1, 0.15) is 49.9 Å². The normalized spacial score (nSPS) is 18.2. The molecule has 2 heterocycles. The number of hydrogen-bond acceptors (Lipinski definition) is 3. The molecule has 150 valence electrons. The van der Waals surface area contributed by atoms with Crippen molar-refractivity contribution < 1.29 is 14.3 Å². The Labute approximate surface area is 166 Å². The van der Waals surface area contributed by atoms with Crippen LogP contribution in [0.4, 0.5) is 4.79 Å². The molecular weight excluding hydrogens is 354 g/mol. The van der Waals surface area contributed by atoms with Crippen LogP contribution < -0.4 is 5.32 Å². The Morgan fingerprint density at radius 2 is 1.93 bits per heavy atom. The van der Waals surface area contributed by atoms with Crippen molar-refractivity contribution in [1.82, 2.24) is 14.8 Å². The molecule has 2 atom stereocenters. The fourth-order valence-electron chi connectivity index (χ4n) is 3.75. The zero-order chi connectivity index (χ0) is 19.9. The van der Waals surface area contributed by atoms with Gasteiger partial charge >= 0.3 is 6.09 Å². The molecule has 6 nitrogen and oxygen atoms in total. The van der Waals surface area contributed by atoms with Crippen LogP contribution >= 0.6 is 0 Å². The SMILES string of the molecule is C[C@H](NC(=O)OCc1ccccc1)C(=O)N1CCCCCC1c1cccn1C. The summed E-state index contributed by atoms with van der Waals surface area (Å²) in [6.45, 7) is 2.61. The van der Waals surface area contributed by atoms with Gasteiger partial charge in [-0.05, 0) is 37.5 Å². The topological polar surface area (TPSA) is 63.6 Å². The minimum atomic E-state index is -0.635. The summed E-state index contributed by atoms with van der Waals surface area (Å²) < 4.78 is 7.33. The third kappa shape index (κ3) is 4.94. The van der Waals surface area contributed by atoms with Gasteiger partial charge < -0.3 is 19.5 Å². The van der Waals surface area contributed by atoms with Crippen molar-refractivity contribution in [3.05, 3.63) is 59.9 Å². The van der Waals surface area contributed by atoms with Crippen molar-refractivity contribution in [2.45, 2.75) is 51.3 Å². The van der Waals surface area contributed by atoms with Gasteiger partial charge in [0.15, 0.2) is 0 Å². The highest BCUT2D eigenvalue weighted by molar-refractivity contribution is 5.85. The van der Waals surface area contributed by atoms with Gasteiger partial charge in [-0.3, -0.25) is 4.79 Å². The molecule has 1 aromatic carbocycles. The van der Waals surface area contributed by atoms with Crippen LogP contribution in [0.5, 0.6) is 0 Å². The summed E-state index contributed by atoms with van der Waals surface area (Å²) in [4.78, 5) is 27.2. The Kier molecular flexibility index (Phi) is 6.74. The molecule has 1 saturated heterocycles. The molecule has 0 bridgehead atoms. The number of carbonyl (C=O) groups excluding carboxylic acids is 2. The lowest BCUT2D eigenvalue weighted by Crippen LogP contribution is -2.48. The number of amides is 2. The fraction of sp³-hybridized carbons (Fsp3) is 0.455. The first kappa shape index (κ1) is 20.0. The van der Waals surface area contributed by atoms with E-state index in [1.54, 1.807) is 6.92 Å². The van der Waals surface area contributed by atoms with Crippen molar-refractivity contribution in [2.24, 2.45) is 7.05 Å². The van der Waals surface area contributed by atoms with Gasteiger partial charge in [0, 0.05) is 25.5 Å². The number of hydrogen-bond donors (Lipinski definition) is 1. The molecular formula is C22H29N3O3. The molecule has 2 amide bonds. The second kappa shape index (κ2) is 9.44. The number of rotatable bonds is 5. The lowest BCUT2D eigenvalue weighted by Gasteiger charge is -2.32. The largest absolute Gasteiger partial charge is 0.445 e. The third-order valence-corrected chi connectivity index (χ3v) is 5.28. The van der Waals surface area contributed by atoms with Gasteiger partial charge in [-0.15, -0.1) is 0 Å². The highest BCUT2D eigenvalue weighted by Gasteiger charge is 2.31. The van der Waals surface area contributed by atoms with Crippen molar-refractivity contribution in [2.75, 3.05) is 6.54 Å². The zero-order valence-electron chi connectivity index (χ0n) is 16.6. The molecule has 0 aliphatic carbocycles. The zero-order valence-corrected chi connectivity index (χ0v) is 16.6. The average molecular weight is 383 g/mol. The smallest absolute Gasteiger partial charge is 0.408 e. The Morgan fingerprint density at radius 1 is 1.14 bits per heavy atom. The van der Waals surface area contributed by atoms with Gasteiger partial charge in [0.2, 0.25) is 5.91 Å². The number of aryl methyl sites for hydroxylation is 1. The number of ether oxygens (including phenoxy) is 1. The molecule has 6 heteroatoms. The lowest BCUT2D eigenvalue weighted by atomic mass is 10.1. The first-order chi connectivity index (χ1) is 13.6. The molecule has 1 aliphatic rings. The standard InChI is InChI=1S/C22H29N3O3/c1-17(23-22(27)28-16-18-10-5-3-6-11-18)21(26)25-15-8-4-7-12-20(25)19-13-9-14-24(19)2/h3,5-6,9-11,13-14,17,20H,4,7-8,12,15-16H2,1-2H3,(H,23,27)/t17-,20?/m0/s1. The fourth-order valence-corrected chi connectivity index (χ4v) is 3.75. The first-order valence-electron chi connectivity index (χ1n) is 9.95. The minimum Gasteiger partial charge on any atom is -0.445 e. The lowest BCUT2D eigenvalue weighted by molar-refractivity contribution is -0.135. The van der Waals surface area contributed by atoms with Gasteiger partial charge in [0.25, 0.3) is 0 Å². The highest BCUT2D eigenvalue weighted by atomic mass is 16.5. The maximum Gasteiger partial charge on any atom is 0.408 e. The van der Waals surface area contributed by atoms with Crippen LogP contribution in [0.2, 0.25) is 0 Å². The van der Waals surface area contributed by atoms with Gasteiger partial charge in [0.05, 0.1) is 6.04 Å².